The highest BCUT2D eigenvalue weighted by molar-refractivity contribution is 8.01. The Hall–Kier alpha value is -3.31. The first kappa shape index (κ1) is 37.0. The van der Waals surface area contributed by atoms with Crippen LogP contribution in [-0.2, 0) is 19.5 Å². The summed E-state index contributed by atoms with van der Waals surface area (Å²) in [7, 11) is 0. The smallest absolute Gasteiger partial charge is 0.124 e. The third-order valence-corrected chi connectivity index (χ3v) is 11.6. The number of benzene rings is 2. The van der Waals surface area contributed by atoms with Gasteiger partial charge in [0.25, 0.3) is 0 Å². The molecule has 6 rings (SSSR count). The summed E-state index contributed by atoms with van der Waals surface area (Å²) in [5.74, 6) is 1.38. The Labute approximate surface area is 303 Å². The summed E-state index contributed by atoms with van der Waals surface area (Å²) in [4.78, 5) is 15.8. The zero-order valence-electron chi connectivity index (χ0n) is 30.5. The molecule has 1 fully saturated rings. The van der Waals surface area contributed by atoms with Crippen LogP contribution in [0.25, 0.3) is 16.6 Å². The van der Waals surface area contributed by atoms with Crippen LogP contribution in [0.1, 0.15) is 84.7 Å². The van der Waals surface area contributed by atoms with Gasteiger partial charge in [-0.05, 0) is 95.3 Å². The number of piperazine rings is 1. The minimum absolute atomic E-state index is 0.142. The molecule has 0 saturated carbocycles. The van der Waals surface area contributed by atoms with E-state index in [1.807, 2.05) is 52.4 Å². The fourth-order valence-electron chi connectivity index (χ4n) is 7.33. The number of hydrogen-bond donors (Lipinski definition) is 0. The van der Waals surface area contributed by atoms with Gasteiger partial charge in [0.05, 0.1) is 40.3 Å². The summed E-state index contributed by atoms with van der Waals surface area (Å²) >= 11 is 8.86. The van der Waals surface area contributed by atoms with Gasteiger partial charge < -0.3 is 14.5 Å². The number of thioether (sulfide) groups is 1. The first-order chi connectivity index (χ1) is 23.4. The van der Waals surface area contributed by atoms with Gasteiger partial charge in [-0.15, -0.1) is 11.8 Å². The van der Waals surface area contributed by atoms with Crippen molar-refractivity contribution in [2.45, 2.75) is 103 Å². The van der Waals surface area contributed by atoms with E-state index in [2.05, 4.69) is 95.1 Å². The quantitative estimate of drug-likeness (QED) is 0.148. The summed E-state index contributed by atoms with van der Waals surface area (Å²) < 4.78 is 2.37. The van der Waals surface area contributed by atoms with Crippen molar-refractivity contribution in [1.82, 2.24) is 14.5 Å². The first-order valence-electron chi connectivity index (χ1n) is 17.8. The van der Waals surface area contributed by atoms with Crippen LogP contribution < -0.4 is 4.90 Å². The molecule has 0 N–H and O–H groups in total. The molecule has 0 bridgehead atoms. The molecule has 3 atom stereocenters. The van der Waals surface area contributed by atoms with Crippen molar-refractivity contribution in [3.8, 4) is 6.07 Å². The topological polar surface area (TPSA) is 60.4 Å². The average Bonchev–Trinajstić information content (AvgIpc) is 3.78. The van der Waals surface area contributed by atoms with Crippen molar-refractivity contribution in [3.05, 3.63) is 82.8 Å². The number of anilines is 1. The fourth-order valence-corrected chi connectivity index (χ4v) is 9.05. The molecule has 0 radical (unpaired) electrons. The minimum atomic E-state index is -0.554. The van der Waals surface area contributed by atoms with E-state index in [0.717, 1.165) is 73.3 Å². The first-order valence-corrected chi connectivity index (χ1v) is 19.0. The molecule has 2 aliphatic heterocycles. The van der Waals surface area contributed by atoms with Crippen LogP contribution in [0.4, 0.5) is 5.69 Å². The molecule has 8 heteroatoms. The van der Waals surface area contributed by atoms with Gasteiger partial charge in [0.2, 0.25) is 0 Å². The Morgan fingerprint density at radius 3 is 2.78 bits per heavy atom. The molecule has 1 aliphatic carbocycles. The van der Waals surface area contributed by atoms with Gasteiger partial charge >= 0.3 is 0 Å². The molecule has 1 aromatic heterocycles. The van der Waals surface area contributed by atoms with Gasteiger partial charge in [-0.25, -0.2) is 4.98 Å². The summed E-state index contributed by atoms with van der Waals surface area (Å²) in [5.41, 5.74) is 7.39. The van der Waals surface area contributed by atoms with Crippen molar-refractivity contribution in [3.63, 3.8) is 0 Å². The molecule has 0 spiro atoms. The van der Waals surface area contributed by atoms with Gasteiger partial charge in [0.1, 0.15) is 11.3 Å². The lowest BCUT2D eigenvalue weighted by molar-refractivity contribution is 0.186. The molecule has 2 aromatic carbocycles. The van der Waals surface area contributed by atoms with E-state index in [9.17, 15) is 5.26 Å². The summed E-state index contributed by atoms with van der Waals surface area (Å²) in [6.45, 7) is 26.2. The van der Waals surface area contributed by atoms with E-state index >= 15 is 0 Å². The Kier molecular flexibility index (Phi) is 11.5. The summed E-state index contributed by atoms with van der Waals surface area (Å²) in [5, 5.41) is 10.6. The van der Waals surface area contributed by atoms with E-state index in [4.69, 9.17) is 16.6 Å². The van der Waals surface area contributed by atoms with Crippen LogP contribution in [-0.4, -0.2) is 51.6 Å². The van der Waals surface area contributed by atoms with Gasteiger partial charge in [-0.3, -0.25) is 4.90 Å². The average molecular weight is 697 g/mol. The molecule has 3 aliphatic rings. The number of aliphatic imine (C=N–C) groups is 1. The monoisotopic (exact) mass is 696 g/mol. The van der Waals surface area contributed by atoms with Crippen molar-refractivity contribution in [2.75, 3.05) is 24.5 Å². The lowest BCUT2D eigenvalue weighted by Gasteiger charge is -2.43. The van der Waals surface area contributed by atoms with Crippen LogP contribution in [0.3, 0.4) is 0 Å². The van der Waals surface area contributed by atoms with E-state index in [0.29, 0.717) is 30.1 Å². The number of hydrogen-bond acceptors (Lipinski definition) is 6. The van der Waals surface area contributed by atoms with Gasteiger partial charge in [-0.1, -0.05) is 74.9 Å². The number of fused-ring (bicyclic) bond motifs is 3. The number of allylic oxidation sites excluding steroid dienone is 3. The predicted octanol–water partition coefficient (Wildman–Crippen LogP) is 10.4. The summed E-state index contributed by atoms with van der Waals surface area (Å²) in [6.07, 6.45) is 11.4. The molecule has 3 aromatic rings. The molecular weight excluding hydrogens is 644 g/mol. The second-order valence-corrected chi connectivity index (χ2v) is 16.6. The van der Waals surface area contributed by atoms with Crippen LogP contribution in [0.2, 0.25) is 5.02 Å². The minimum Gasteiger partial charge on any atom is -0.342 e. The second kappa shape index (κ2) is 15.3. The Bertz CT molecular complexity index is 1810. The Balaban J connectivity index is 0.00000230. The number of aromatic nitrogens is 2. The predicted molar refractivity (Wildman–Crippen MR) is 211 cm³/mol. The van der Waals surface area contributed by atoms with Crippen molar-refractivity contribution in [1.29, 1.82) is 5.26 Å². The lowest BCUT2D eigenvalue weighted by Crippen LogP contribution is -2.50. The van der Waals surface area contributed by atoms with E-state index in [1.54, 1.807) is 0 Å². The third kappa shape index (κ3) is 7.88. The highest BCUT2D eigenvalue weighted by Crippen LogP contribution is 2.52. The van der Waals surface area contributed by atoms with Crippen LogP contribution in [0.5, 0.6) is 0 Å². The zero-order chi connectivity index (χ0) is 35.5. The van der Waals surface area contributed by atoms with Crippen LogP contribution in [0, 0.1) is 22.7 Å². The van der Waals surface area contributed by atoms with Crippen LogP contribution in [0.15, 0.2) is 70.7 Å². The lowest BCUT2D eigenvalue weighted by atomic mass is 9.95. The van der Waals surface area contributed by atoms with E-state index < -0.39 is 5.41 Å². The number of nitrogens with zero attached hydrogens (tertiary/aromatic N) is 6. The number of halogens is 1. The highest BCUT2D eigenvalue weighted by atomic mass is 35.5. The van der Waals surface area contributed by atoms with Gasteiger partial charge in [-0.2, -0.15) is 5.26 Å². The Morgan fingerprint density at radius 2 is 2.06 bits per heavy atom. The largest absolute Gasteiger partial charge is 0.342 e. The molecule has 6 nitrogen and oxygen atoms in total. The third-order valence-electron chi connectivity index (χ3n) is 9.79. The standard InChI is InChI=1S/C39H47ClN6S.C2H6/c1-26(2)29-19-30(40)36-34(20-29)46(25-38(4,5)24-41)35(43-36)23-44-17-18-45(32-14-9-13-31(32)44)33-15-8-12-28-21-39(6,47-37(28)33)16-10-11-27(3)22-42-7;1-2/h8,10-12,14-15,19-20,27,31H,1,7,9,13,16-18,21-23,25H2,2-6H3;1-2H3/b11-10-;. The second-order valence-electron chi connectivity index (χ2n) is 14.6. The van der Waals surface area contributed by atoms with Crippen molar-refractivity contribution in [2.24, 2.45) is 16.3 Å². The van der Waals surface area contributed by atoms with Gasteiger partial charge in [0, 0.05) is 41.5 Å². The van der Waals surface area contributed by atoms with Gasteiger partial charge in [0.15, 0.2) is 0 Å². The normalized spacial score (nSPS) is 21.2. The molecule has 1 saturated heterocycles. The maximum Gasteiger partial charge on any atom is 0.124 e. The summed E-state index contributed by atoms with van der Waals surface area (Å²) in [6, 6.07) is 13.8. The number of imidazole rings is 1. The molecule has 49 heavy (non-hydrogen) atoms. The maximum atomic E-state index is 9.96. The molecule has 3 heterocycles. The fraction of sp³-hybridized carbons (Fsp3) is 0.488. The SMILES string of the molecule is C=NCC(C)/C=C\CC1(C)Cc2cccc(N3CCN(Cc4nc5c(Cl)cc(C(=C)C)cc5n4CC(C)(C)C#N)C4CCC=C43)c2S1.CC. The van der Waals surface area contributed by atoms with E-state index in [1.165, 1.54) is 21.8 Å². The molecule has 0 amide bonds. The number of rotatable bonds is 11. The molecular formula is C41H53ClN6S. The highest BCUT2D eigenvalue weighted by Gasteiger charge is 2.40. The number of nitriles is 1. The van der Waals surface area contributed by atoms with Crippen LogP contribution >= 0.6 is 23.4 Å². The maximum absolute atomic E-state index is 9.96. The van der Waals surface area contributed by atoms with Crippen molar-refractivity contribution >= 4 is 52.4 Å². The Morgan fingerprint density at radius 1 is 1.29 bits per heavy atom. The van der Waals surface area contributed by atoms with Crippen molar-refractivity contribution < 1.29 is 0 Å². The van der Waals surface area contributed by atoms with E-state index in [-0.39, 0.29) is 4.75 Å². The zero-order valence-corrected chi connectivity index (χ0v) is 32.1. The molecule has 260 valence electrons. The molecule has 3 unspecified atom stereocenters.